The Morgan fingerprint density at radius 2 is 1.53 bits per heavy atom. The zero-order valence-corrected chi connectivity index (χ0v) is 25.4. The average molecular weight is 668 g/mol. The molecule has 0 radical (unpaired) electrons. The van der Waals surface area contributed by atoms with Gasteiger partial charge in [-0.3, -0.25) is 13.9 Å². The lowest BCUT2D eigenvalue weighted by molar-refractivity contribution is -0.140. The highest BCUT2D eigenvalue weighted by atomic mass is 127. The van der Waals surface area contributed by atoms with Crippen molar-refractivity contribution in [2.45, 2.75) is 50.7 Å². The number of carbonyl (C=O) groups is 2. The van der Waals surface area contributed by atoms with Crippen LogP contribution in [0, 0.1) is 3.57 Å². The van der Waals surface area contributed by atoms with Gasteiger partial charge in [0.25, 0.3) is 10.0 Å². The number of benzene rings is 3. The van der Waals surface area contributed by atoms with Gasteiger partial charge in [0.15, 0.2) is 0 Å². The molecule has 38 heavy (non-hydrogen) atoms. The molecule has 0 saturated heterocycles. The molecule has 0 fully saturated rings. The molecule has 7 nitrogen and oxygen atoms in total. The van der Waals surface area contributed by atoms with Gasteiger partial charge in [0.05, 0.1) is 10.6 Å². The summed E-state index contributed by atoms with van der Waals surface area (Å²) in [7, 11) is -4.09. The first-order chi connectivity index (χ1) is 17.8. The molecule has 0 bridgehead atoms. The lowest BCUT2D eigenvalue weighted by Crippen LogP contribution is -2.54. The van der Waals surface area contributed by atoms with Crippen molar-refractivity contribution >= 4 is 61.7 Å². The second kappa shape index (κ2) is 12.5. The van der Waals surface area contributed by atoms with Crippen LogP contribution in [0.2, 0.25) is 5.02 Å². The lowest BCUT2D eigenvalue weighted by atomic mass is 10.1. The molecule has 0 heterocycles. The van der Waals surface area contributed by atoms with Gasteiger partial charge in [0.2, 0.25) is 11.8 Å². The van der Waals surface area contributed by atoms with Crippen LogP contribution in [-0.4, -0.2) is 43.3 Å². The van der Waals surface area contributed by atoms with Crippen LogP contribution in [0.25, 0.3) is 0 Å². The predicted molar refractivity (Wildman–Crippen MR) is 159 cm³/mol. The number of nitrogens with one attached hydrogen (secondary N) is 1. The number of rotatable bonds is 9. The molecular formula is C28H31ClIN3O4S. The molecule has 2 amide bonds. The monoisotopic (exact) mass is 667 g/mol. The number of nitrogens with zero attached hydrogens (tertiary/aromatic N) is 2. The highest BCUT2D eigenvalue weighted by Crippen LogP contribution is 2.26. The summed E-state index contributed by atoms with van der Waals surface area (Å²) in [6.45, 7) is 6.70. The molecule has 0 unspecified atom stereocenters. The number of amides is 2. The number of hydrogen-bond donors (Lipinski definition) is 1. The van der Waals surface area contributed by atoms with Crippen molar-refractivity contribution in [2.24, 2.45) is 0 Å². The minimum atomic E-state index is -4.09. The number of sulfonamides is 1. The summed E-state index contributed by atoms with van der Waals surface area (Å²) >= 11 is 8.52. The SMILES string of the molecule is C[C@H](C(=O)NC(C)(C)C)N(Cc1ccccc1Cl)C(=O)CN(c1ccc(I)cc1)S(=O)(=O)c1ccccc1. The maximum absolute atomic E-state index is 13.9. The fraction of sp³-hybridized carbons (Fsp3) is 0.286. The normalized spacial score (nSPS) is 12.5. The van der Waals surface area contributed by atoms with E-state index in [4.69, 9.17) is 11.6 Å². The average Bonchev–Trinajstić information content (AvgIpc) is 2.86. The maximum atomic E-state index is 13.9. The van der Waals surface area contributed by atoms with Crippen LogP contribution in [0.3, 0.4) is 0 Å². The minimum Gasteiger partial charge on any atom is -0.350 e. The van der Waals surface area contributed by atoms with E-state index in [2.05, 4.69) is 27.9 Å². The van der Waals surface area contributed by atoms with Gasteiger partial charge in [-0.1, -0.05) is 48.0 Å². The summed E-state index contributed by atoms with van der Waals surface area (Å²) in [4.78, 5) is 28.4. The van der Waals surface area contributed by atoms with Crippen molar-refractivity contribution in [1.29, 1.82) is 0 Å². The van der Waals surface area contributed by atoms with Crippen LogP contribution < -0.4 is 9.62 Å². The molecule has 3 rings (SSSR count). The molecule has 0 aliphatic rings. The zero-order chi connectivity index (χ0) is 28.1. The first-order valence-corrected chi connectivity index (χ1v) is 14.9. The van der Waals surface area contributed by atoms with E-state index in [1.54, 1.807) is 73.7 Å². The van der Waals surface area contributed by atoms with E-state index in [9.17, 15) is 18.0 Å². The summed E-state index contributed by atoms with van der Waals surface area (Å²) in [5.74, 6) is -0.899. The molecule has 3 aromatic rings. The number of anilines is 1. The molecule has 0 aliphatic carbocycles. The molecule has 10 heteroatoms. The molecule has 0 saturated carbocycles. The van der Waals surface area contributed by atoms with E-state index in [1.807, 2.05) is 20.8 Å². The van der Waals surface area contributed by atoms with Gasteiger partial charge in [0, 0.05) is 20.7 Å². The van der Waals surface area contributed by atoms with Crippen LogP contribution in [0.5, 0.6) is 0 Å². The van der Waals surface area contributed by atoms with Gasteiger partial charge in [-0.15, -0.1) is 0 Å². The minimum absolute atomic E-state index is 0.0309. The smallest absolute Gasteiger partial charge is 0.264 e. The van der Waals surface area contributed by atoms with Crippen molar-refractivity contribution in [1.82, 2.24) is 10.2 Å². The Balaban J connectivity index is 2.03. The Hall–Kier alpha value is -2.63. The fourth-order valence-electron chi connectivity index (χ4n) is 3.72. The second-order valence-corrected chi connectivity index (χ2v) is 13.3. The standard InChI is InChI=1S/C28H31ClIN3O4S/c1-20(27(35)31-28(2,3)4)32(18-21-10-8-9-13-25(21)29)26(34)19-33(23-16-14-22(30)15-17-23)38(36,37)24-11-6-5-7-12-24/h5-17,20H,18-19H2,1-4H3,(H,31,35)/t20-/m1/s1. The third-order valence-corrected chi connectivity index (χ3v) is 8.56. The van der Waals surface area contributed by atoms with Crippen molar-refractivity contribution in [2.75, 3.05) is 10.8 Å². The van der Waals surface area contributed by atoms with E-state index < -0.39 is 34.1 Å². The van der Waals surface area contributed by atoms with Gasteiger partial charge < -0.3 is 10.2 Å². The molecule has 0 aromatic heterocycles. The van der Waals surface area contributed by atoms with E-state index >= 15 is 0 Å². The number of halogens is 2. The Kier molecular flexibility index (Phi) is 9.83. The van der Waals surface area contributed by atoms with Crippen molar-refractivity contribution in [3.05, 3.63) is 93.0 Å². The highest BCUT2D eigenvalue weighted by Gasteiger charge is 2.33. The van der Waals surface area contributed by atoms with Crippen molar-refractivity contribution < 1.29 is 18.0 Å². The summed E-state index contributed by atoms with van der Waals surface area (Å²) in [6, 6.07) is 21.0. The van der Waals surface area contributed by atoms with E-state index in [0.29, 0.717) is 16.3 Å². The summed E-state index contributed by atoms with van der Waals surface area (Å²) in [5.41, 5.74) is 0.464. The van der Waals surface area contributed by atoms with Crippen LogP contribution in [-0.2, 0) is 26.2 Å². The molecule has 3 aromatic carbocycles. The molecule has 0 aliphatic heterocycles. The van der Waals surface area contributed by atoms with Crippen LogP contribution in [0.1, 0.15) is 33.3 Å². The van der Waals surface area contributed by atoms with Crippen molar-refractivity contribution in [3.8, 4) is 0 Å². The maximum Gasteiger partial charge on any atom is 0.264 e. The topological polar surface area (TPSA) is 86.8 Å². The van der Waals surface area contributed by atoms with E-state index in [0.717, 1.165) is 7.88 Å². The van der Waals surface area contributed by atoms with Crippen LogP contribution in [0.15, 0.2) is 83.8 Å². The third kappa shape index (κ3) is 7.70. The number of carbonyl (C=O) groups excluding carboxylic acids is 2. The molecule has 1 N–H and O–H groups in total. The van der Waals surface area contributed by atoms with Gasteiger partial charge in [-0.2, -0.15) is 0 Å². The second-order valence-electron chi connectivity index (χ2n) is 9.83. The Labute approximate surface area is 243 Å². The zero-order valence-electron chi connectivity index (χ0n) is 21.7. The Morgan fingerprint density at radius 3 is 2.11 bits per heavy atom. The first kappa shape index (κ1) is 29.9. The van der Waals surface area contributed by atoms with Gasteiger partial charge in [-0.25, -0.2) is 8.42 Å². The first-order valence-electron chi connectivity index (χ1n) is 12.0. The van der Waals surface area contributed by atoms with Crippen LogP contribution in [0.4, 0.5) is 5.69 Å². The number of hydrogen-bond acceptors (Lipinski definition) is 4. The van der Waals surface area contributed by atoms with Crippen molar-refractivity contribution in [3.63, 3.8) is 0 Å². The molecular weight excluding hydrogens is 637 g/mol. The predicted octanol–water partition coefficient (Wildman–Crippen LogP) is 5.47. The Morgan fingerprint density at radius 1 is 0.947 bits per heavy atom. The third-order valence-electron chi connectivity index (χ3n) is 5.69. The summed E-state index contributed by atoms with van der Waals surface area (Å²) in [5, 5.41) is 3.35. The molecule has 0 spiro atoms. The van der Waals surface area contributed by atoms with E-state index in [-0.39, 0.29) is 17.3 Å². The lowest BCUT2D eigenvalue weighted by Gasteiger charge is -2.33. The van der Waals surface area contributed by atoms with Gasteiger partial charge in [-0.05, 0) is 98.3 Å². The summed E-state index contributed by atoms with van der Waals surface area (Å²) < 4.78 is 29.5. The Bertz CT molecular complexity index is 1380. The fourth-order valence-corrected chi connectivity index (χ4v) is 5.71. The van der Waals surface area contributed by atoms with Gasteiger partial charge in [0.1, 0.15) is 12.6 Å². The quantitative estimate of drug-likeness (QED) is 0.307. The molecule has 202 valence electrons. The molecule has 1 atom stereocenters. The largest absolute Gasteiger partial charge is 0.350 e. The van der Waals surface area contributed by atoms with E-state index in [1.165, 1.54) is 17.0 Å². The van der Waals surface area contributed by atoms with Gasteiger partial charge >= 0.3 is 0 Å². The summed E-state index contributed by atoms with van der Waals surface area (Å²) in [6.07, 6.45) is 0. The highest BCUT2D eigenvalue weighted by molar-refractivity contribution is 14.1. The van der Waals surface area contributed by atoms with Crippen LogP contribution >= 0.6 is 34.2 Å².